The number of nitrogens with one attached hydrogen (secondary N) is 1. The van der Waals surface area contributed by atoms with Crippen molar-refractivity contribution >= 4 is 24.0 Å². The van der Waals surface area contributed by atoms with Gasteiger partial charge >= 0.3 is 0 Å². The van der Waals surface area contributed by atoms with Crippen molar-refractivity contribution in [3.63, 3.8) is 0 Å². The average Bonchev–Trinajstić information content (AvgIpc) is 2.77. The lowest BCUT2D eigenvalue weighted by Gasteiger charge is -2.31. The maximum Gasteiger partial charge on any atom is 0.246 e. The SMILES string of the molecule is Cc1ccc(C=CC(=O)NCC2CCN(C(=O)C=Cc3ccc(C)cc3)CC2)cc1. The zero-order valence-electron chi connectivity index (χ0n) is 17.8. The summed E-state index contributed by atoms with van der Waals surface area (Å²) in [7, 11) is 0. The van der Waals surface area contributed by atoms with Gasteiger partial charge in [-0.05, 0) is 55.9 Å². The Morgan fingerprint density at radius 3 is 1.90 bits per heavy atom. The number of piperidine rings is 1. The van der Waals surface area contributed by atoms with E-state index in [9.17, 15) is 9.59 Å². The van der Waals surface area contributed by atoms with Gasteiger partial charge in [0.2, 0.25) is 11.8 Å². The Bertz CT molecular complexity index is 903. The average molecular weight is 403 g/mol. The lowest BCUT2D eigenvalue weighted by Crippen LogP contribution is -2.40. The number of hydrogen-bond donors (Lipinski definition) is 1. The molecule has 1 aliphatic heterocycles. The van der Waals surface area contributed by atoms with Gasteiger partial charge < -0.3 is 10.2 Å². The number of aryl methyl sites for hydroxylation is 2. The minimum Gasteiger partial charge on any atom is -0.352 e. The normalized spacial score (nSPS) is 15.1. The number of carbonyl (C=O) groups excluding carboxylic acids is 2. The first-order chi connectivity index (χ1) is 14.5. The van der Waals surface area contributed by atoms with Gasteiger partial charge in [-0.25, -0.2) is 0 Å². The van der Waals surface area contributed by atoms with Crippen molar-refractivity contribution < 1.29 is 9.59 Å². The van der Waals surface area contributed by atoms with Crippen LogP contribution in [0.15, 0.2) is 60.7 Å². The quantitative estimate of drug-likeness (QED) is 0.729. The Kier molecular flexibility index (Phi) is 7.61. The number of rotatable bonds is 6. The summed E-state index contributed by atoms with van der Waals surface area (Å²) < 4.78 is 0. The Morgan fingerprint density at radius 1 is 0.867 bits per heavy atom. The summed E-state index contributed by atoms with van der Waals surface area (Å²) in [4.78, 5) is 26.4. The Hall–Kier alpha value is -3.14. The van der Waals surface area contributed by atoms with E-state index in [1.165, 1.54) is 11.1 Å². The van der Waals surface area contributed by atoms with Crippen molar-refractivity contribution in [2.45, 2.75) is 26.7 Å². The predicted octanol–water partition coefficient (Wildman–Crippen LogP) is 4.38. The van der Waals surface area contributed by atoms with Crippen LogP contribution in [0.2, 0.25) is 0 Å². The highest BCUT2D eigenvalue weighted by atomic mass is 16.2. The summed E-state index contributed by atoms with van der Waals surface area (Å²) in [6.45, 7) is 6.21. The summed E-state index contributed by atoms with van der Waals surface area (Å²) in [5.41, 5.74) is 4.46. The van der Waals surface area contributed by atoms with E-state index in [0.717, 1.165) is 37.1 Å². The van der Waals surface area contributed by atoms with Crippen molar-refractivity contribution in [1.82, 2.24) is 10.2 Å². The molecule has 4 nitrogen and oxygen atoms in total. The smallest absolute Gasteiger partial charge is 0.246 e. The number of likely N-dealkylation sites (tertiary alicyclic amines) is 1. The fourth-order valence-electron chi connectivity index (χ4n) is 3.46. The van der Waals surface area contributed by atoms with E-state index < -0.39 is 0 Å². The fourth-order valence-corrected chi connectivity index (χ4v) is 3.46. The molecule has 1 N–H and O–H groups in total. The number of hydrogen-bond acceptors (Lipinski definition) is 2. The molecule has 156 valence electrons. The lowest BCUT2D eigenvalue weighted by atomic mass is 9.96. The second-order valence-corrected chi connectivity index (χ2v) is 8.00. The van der Waals surface area contributed by atoms with Gasteiger partial charge in [0, 0.05) is 31.8 Å². The number of nitrogens with zero attached hydrogens (tertiary/aromatic N) is 1. The van der Waals surface area contributed by atoms with Crippen molar-refractivity contribution in [3.05, 3.63) is 82.9 Å². The van der Waals surface area contributed by atoms with Crippen LogP contribution in [0.5, 0.6) is 0 Å². The van der Waals surface area contributed by atoms with Gasteiger partial charge in [0.1, 0.15) is 0 Å². The van der Waals surface area contributed by atoms with E-state index in [4.69, 9.17) is 0 Å². The molecular weight excluding hydrogens is 372 g/mol. The number of amides is 2. The zero-order chi connectivity index (χ0) is 21.3. The minimum absolute atomic E-state index is 0.0547. The summed E-state index contributed by atoms with van der Waals surface area (Å²) in [5.74, 6) is 0.390. The van der Waals surface area contributed by atoms with Crippen LogP contribution in [0, 0.1) is 19.8 Å². The molecule has 2 aromatic carbocycles. The first-order valence-electron chi connectivity index (χ1n) is 10.6. The monoisotopic (exact) mass is 402 g/mol. The molecule has 0 radical (unpaired) electrons. The second kappa shape index (κ2) is 10.6. The highest BCUT2D eigenvalue weighted by Gasteiger charge is 2.21. The van der Waals surface area contributed by atoms with E-state index in [0.29, 0.717) is 12.5 Å². The molecule has 0 saturated carbocycles. The third-order valence-electron chi connectivity index (χ3n) is 5.49. The number of carbonyl (C=O) groups is 2. The van der Waals surface area contributed by atoms with Crippen LogP contribution in [-0.2, 0) is 9.59 Å². The van der Waals surface area contributed by atoms with E-state index in [2.05, 4.69) is 5.32 Å². The molecule has 0 aliphatic carbocycles. The Morgan fingerprint density at radius 2 is 1.37 bits per heavy atom. The van der Waals surface area contributed by atoms with Crippen molar-refractivity contribution in [2.24, 2.45) is 5.92 Å². The van der Waals surface area contributed by atoms with Crippen LogP contribution in [0.25, 0.3) is 12.2 Å². The third-order valence-corrected chi connectivity index (χ3v) is 5.49. The summed E-state index contributed by atoms with van der Waals surface area (Å²) >= 11 is 0. The maximum atomic E-state index is 12.4. The first kappa shape index (κ1) is 21.6. The molecule has 4 heteroatoms. The third kappa shape index (κ3) is 6.73. The van der Waals surface area contributed by atoms with E-state index >= 15 is 0 Å². The molecule has 0 aromatic heterocycles. The van der Waals surface area contributed by atoms with Crippen molar-refractivity contribution in [2.75, 3.05) is 19.6 Å². The molecule has 1 heterocycles. The van der Waals surface area contributed by atoms with Gasteiger partial charge in [0.15, 0.2) is 0 Å². The fraction of sp³-hybridized carbons (Fsp3) is 0.308. The molecule has 1 fully saturated rings. The van der Waals surface area contributed by atoms with Crippen molar-refractivity contribution in [3.8, 4) is 0 Å². The predicted molar refractivity (Wildman–Crippen MR) is 123 cm³/mol. The highest BCUT2D eigenvalue weighted by molar-refractivity contribution is 5.92. The molecule has 2 amide bonds. The molecule has 3 rings (SSSR count). The van der Waals surface area contributed by atoms with Gasteiger partial charge in [-0.3, -0.25) is 9.59 Å². The molecular formula is C26H30N2O2. The van der Waals surface area contributed by atoms with Crippen LogP contribution in [0.3, 0.4) is 0 Å². The highest BCUT2D eigenvalue weighted by Crippen LogP contribution is 2.17. The van der Waals surface area contributed by atoms with E-state index in [-0.39, 0.29) is 11.8 Å². The van der Waals surface area contributed by atoms with Crippen LogP contribution in [-0.4, -0.2) is 36.3 Å². The second-order valence-electron chi connectivity index (χ2n) is 8.00. The van der Waals surface area contributed by atoms with Gasteiger partial charge in [-0.2, -0.15) is 0 Å². The largest absolute Gasteiger partial charge is 0.352 e. The molecule has 1 aliphatic rings. The zero-order valence-corrected chi connectivity index (χ0v) is 17.8. The van der Waals surface area contributed by atoms with Gasteiger partial charge in [0.25, 0.3) is 0 Å². The van der Waals surface area contributed by atoms with Gasteiger partial charge in [0.05, 0.1) is 0 Å². The Labute approximate surface area is 179 Å². The molecule has 1 saturated heterocycles. The topological polar surface area (TPSA) is 49.4 Å². The van der Waals surface area contributed by atoms with Crippen LogP contribution >= 0.6 is 0 Å². The van der Waals surface area contributed by atoms with Crippen LogP contribution < -0.4 is 5.32 Å². The first-order valence-corrected chi connectivity index (χ1v) is 10.6. The molecule has 0 spiro atoms. The number of benzene rings is 2. The lowest BCUT2D eigenvalue weighted by molar-refractivity contribution is -0.127. The van der Waals surface area contributed by atoms with Crippen molar-refractivity contribution in [1.29, 1.82) is 0 Å². The molecule has 30 heavy (non-hydrogen) atoms. The van der Waals surface area contributed by atoms with E-state index in [1.807, 2.05) is 79.4 Å². The van der Waals surface area contributed by atoms with Crippen LogP contribution in [0.1, 0.15) is 35.1 Å². The Balaban J connectivity index is 1.38. The molecule has 0 bridgehead atoms. The maximum absolute atomic E-state index is 12.4. The standard InChI is InChI=1S/C26H30N2O2/c1-20-3-7-22(8-4-20)11-13-25(29)27-19-24-15-17-28(18-16-24)26(30)14-12-23-9-5-21(2)6-10-23/h3-14,24H,15-19H2,1-2H3,(H,27,29). The molecule has 0 atom stereocenters. The molecule has 0 unspecified atom stereocenters. The summed E-state index contributed by atoms with van der Waals surface area (Å²) in [6.07, 6.45) is 8.75. The molecule has 2 aromatic rings. The van der Waals surface area contributed by atoms with Gasteiger partial charge in [-0.15, -0.1) is 0 Å². The summed E-state index contributed by atoms with van der Waals surface area (Å²) in [5, 5.41) is 2.99. The van der Waals surface area contributed by atoms with Crippen LogP contribution in [0.4, 0.5) is 0 Å². The van der Waals surface area contributed by atoms with E-state index in [1.54, 1.807) is 12.2 Å². The van der Waals surface area contributed by atoms with Gasteiger partial charge in [-0.1, -0.05) is 59.7 Å². The minimum atomic E-state index is -0.0740. The summed E-state index contributed by atoms with van der Waals surface area (Å²) in [6, 6.07) is 16.2.